The minimum atomic E-state index is -0.194. The SMILES string of the molecule is CCc1nn2c(=O)c3cnc4c(Cl)cccc4c3nc2s1. The van der Waals surface area contributed by atoms with E-state index < -0.39 is 0 Å². The van der Waals surface area contributed by atoms with Crippen molar-refractivity contribution in [3.05, 3.63) is 44.8 Å². The summed E-state index contributed by atoms with van der Waals surface area (Å²) >= 11 is 7.59. The van der Waals surface area contributed by atoms with Gasteiger partial charge in [-0.3, -0.25) is 9.78 Å². The highest BCUT2D eigenvalue weighted by molar-refractivity contribution is 7.16. The van der Waals surface area contributed by atoms with Gasteiger partial charge in [0.1, 0.15) is 5.01 Å². The number of aryl methyl sites for hydroxylation is 1. The average molecular weight is 317 g/mol. The average Bonchev–Trinajstić information content (AvgIpc) is 2.91. The topological polar surface area (TPSA) is 60.2 Å². The lowest BCUT2D eigenvalue weighted by molar-refractivity contribution is 0.870. The third kappa shape index (κ3) is 1.76. The van der Waals surface area contributed by atoms with Crippen LogP contribution in [-0.2, 0) is 6.42 Å². The summed E-state index contributed by atoms with van der Waals surface area (Å²) in [4.78, 5) is 22.0. The Balaban J connectivity index is 2.26. The summed E-state index contributed by atoms with van der Waals surface area (Å²) in [7, 11) is 0. The van der Waals surface area contributed by atoms with Gasteiger partial charge in [-0.25, -0.2) is 4.98 Å². The largest absolute Gasteiger partial charge is 0.284 e. The summed E-state index contributed by atoms with van der Waals surface area (Å²) in [6, 6.07) is 5.48. The Morgan fingerprint density at radius 1 is 1.29 bits per heavy atom. The molecule has 0 radical (unpaired) electrons. The van der Waals surface area contributed by atoms with Crippen LogP contribution in [0.15, 0.2) is 29.2 Å². The lowest BCUT2D eigenvalue weighted by atomic mass is 10.1. The Labute approximate surface area is 127 Å². The second-order valence-electron chi connectivity index (χ2n) is 4.62. The Bertz CT molecular complexity index is 1070. The molecule has 7 heteroatoms. The summed E-state index contributed by atoms with van der Waals surface area (Å²) in [5.74, 6) is 0. The van der Waals surface area contributed by atoms with Crippen molar-refractivity contribution in [2.24, 2.45) is 0 Å². The van der Waals surface area contributed by atoms with Crippen LogP contribution in [0, 0.1) is 0 Å². The van der Waals surface area contributed by atoms with Crippen LogP contribution in [0.25, 0.3) is 26.8 Å². The molecule has 0 atom stereocenters. The molecule has 3 aromatic heterocycles. The van der Waals surface area contributed by atoms with Crippen molar-refractivity contribution in [1.82, 2.24) is 19.6 Å². The fraction of sp³-hybridized carbons (Fsp3) is 0.143. The molecule has 0 unspecified atom stereocenters. The number of nitrogens with zero attached hydrogens (tertiary/aromatic N) is 4. The molecule has 0 fully saturated rings. The molecule has 4 rings (SSSR count). The van der Waals surface area contributed by atoms with Gasteiger partial charge in [-0.15, -0.1) is 0 Å². The summed E-state index contributed by atoms with van der Waals surface area (Å²) in [6.07, 6.45) is 2.30. The van der Waals surface area contributed by atoms with Crippen LogP contribution in [0.5, 0.6) is 0 Å². The number of benzene rings is 1. The van der Waals surface area contributed by atoms with E-state index in [4.69, 9.17) is 11.6 Å². The summed E-state index contributed by atoms with van der Waals surface area (Å²) in [5, 5.41) is 6.95. The van der Waals surface area contributed by atoms with E-state index in [2.05, 4.69) is 15.1 Å². The van der Waals surface area contributed by atoms with Gasteiger partial charge in [-0.2, -0.15) is 9.61 Å². The second kappa shape index (κ2) is 4.47. The van der Waals surface area contributed by atoms with Crippen molar-refractivity contribution < 1.29 is 0 Å². The molecule has 0 amide bonds. The van der Waals surface area contributed by atoms with Crippen LogP contribution in [0.2, 0.25) is 5.02 Å². The van der Waals surface area contributed by atoms with E-state index in [0.29, 0.717) is 26.4 Å². The summed E-state index contributed by atoms with van der Waals surface area (Å²) in [5.41, 5.74) is 1.09. The quantitative estimate of drug-likeness (QED) is 0.506. The fourth-order valence-electron chi connectivity index (χ4n) is 2.33. The molecule has 0 spiro atoms. The smallest absolute Gasteiger partial charge is 0.266 e. The highest BCUT2D eigenvalue weighted by Crippen LogP contribution is 2.26. The van der Waals surface area contributed by atoms with E-state index >= 15 is 0 Å². The zero-order valence-corrected chi connectivity index (χ0v) is 12.6. The maximum Gasteiger partial charge on any atom is 0.284 e. The Hall–Kier alpha value is -2.05. The molecule has 1 aromatic carbocycles. The number of halogens is 1. The molecule has 0 N–H and O–H groups in total. The lowest BCUT2D eigenvalue weighted by Crippen LogP contribution is -2.15. The first-order valence-electron chi connectivity index (χ1n) is 6.44. The number of rotatable bonds is 1. The first-order chi connectivity index (χ1) is 10.2. The number of pyridine rings is 1. The predicted octanol–water partition coefficient (Wildman–Crippen LogP) is 3.07. The zero-order valence-electron chi connectivity index (χ0n) is 11.0. The molecule has 5 nitrogen and oxygen atoms in total. The molecule has 3 heterocycles. The number of hydrogen-bond acceptors (Lipinski definition) is 5. The highest BCUT2D eigenvalue weighted by Gasteiger charge is 2.13. The van der Waals surface area contributed by atoms with Gasteiger partial charge < -0.3 is 0 Å². The van der Waals surface area contributed by atoms with Gasteiger partial charge >= 0.3 is 0 Å². The van der Waals surface area contributed by atoms with Crippen LogP contribution < -0.4 is 5.56 Å². The van der Waals surface area contributed by atoms with Crippen LogP contribution in [-0.4, -0.2) is 19.6 Å². The molecule has 21 heavy (non-hydrogen) atoms. The van der Waals surface area contributed by atoms with Crippen molar-refractivity contribution in [3.63, 3.8) is 0 Å². The maximum atomic E-state index is 12.5. The van der Waals surface area contributed by atoms with Gasteiger partial charge in [0.25, 0.3) is 5.56 Å². The molecule has 104 valence electrons. The third-order valence-corrected chi connectivity index (χ3v) is 4.71. The van der Waals surface area contributed by atoms with Gasteiger partial charge in [-0.1, -0.05) is 42.0 Å². The van der Waals surface area contributed by atoms with Crippen LogP contribution in [0.4, 0.5) is 0 Å². The van der Waals surface area contributed by atoms with Crippen LogP contribution >= 0.6 is 22.9 Å². The minimum Gasteiger partial charge on any atom is -0.266 e. The van der Waals surface area contributed by atoms with E-state index in [1.165, 1.54) is 22.0 Å². The molecule has 4 aromatic rings. The normalized spacial score (nSPS) is 11.7. The van der Waals surface area contributed by atoms with Gasteiger partial charge in [0.15, 0.2) is 0 Å². The summed E-state index contributed by atoms with van der Waals surface area (Å²) < 4.78 is 1.35. The minimum absolute atomic E-state index is 0.194. The number of aromatic nitrogens is 4. The third-order valence-electron chi connectivity index (χ3n) is 3.35. The van der Waals surface area contributed by atoms with E-state index in [-0.39, 0.29) is 5.56 Å². The molecular weight excluding hydrogens is 308 g/mol. The monoisotopic (exact) mass is 316 g/mol. The van der Waals surface area contributed by atoms with Crippen molar-refractivity contribution in [2.45, 2.75) is 13.3 Å². The molecular formula is C14H9ClN4OS. The van der Waals surface area contributed by atoms with E-state index in [0.717, 1.165) is 16.8 Å². The van der Waals surface area contributed by atoms with Crippen molar-refractivity contribution in [3.8, 4) is 0 Å². The van der Waals surface area contributed by atoms with E-state index in [9.17, 15) is 4.79 Å². The van der Waals surface area contributed by atoms with Crippen molar-refractivity contribution in [1.29, 1.82) is 0 Å². The molecule has 0 bridgehead atoms. The Morgan fingerprint density at radius 2 is 2.14 bits per heavy atom. The van der Waals surface area contributed by atoms with Gasteiger partial charge in [0.2, 0.25) is 4.96 Å². The van der Waals surface area contributed by atoms with Crippen LogP contribution in [0.3, 0.4) is 0 Å². The molecule has 0 aliphatic carbocycles. The first-order valence-corrected chi connectivity index (χ1v) is 7.64. The van der Waals surface area contributed by atoms with Gasteiger partial charge in [0.05, 0.1) is 21.4 Å². The van der Waals surface area contributed by atoms with Crippen LogP contribution in [0.1, 0.15) is 11.9 Å². The highest BCUT2D eigenvalue weighted by atomic mass is 35.5. The fourth-order valence-corrected chi connectivity index (χ4v) is 3.38. The first kappa shape index (κ1) is 12.7. The standard InChI is InChI=1S/C14H9ClN4OS/c1-2-10-18-19-13(20)8-6-16-12-7(4-3-5-9(12)15)11(8)17-14(19)21-10/h3-6H,2H2,1H3. The van der Waals surface area contributed by atoms with Crippen molar-refractivity contribution in [2.75, 3.05) is 0 Å². The lowest BCUT2D eigenvalue weighted by Gasteiger charge is -2.03. The van der Waals surface area contributed by atoms with Gasteiger partial charge in [0, 0.05) is 11.6 Å². The molecule has 0 aliphatic rings. The predicted molar refractivity (Wildman–Crippen MR) is 84.3 cm³/mol. The van der Waals surface area contributed by atoms with Gasteiger partial charge in [-0.05, 0) is 12.5 Å². The zero-order chi connectivity index (χ0) is 14.6. The number of hydrogen-bond donors (Lipinski definition) is 0. The van der Waals surface area contributed by atoms with E-state index in [1.807, 2.05) is 19.1 Å². The van der Waals surface area contributed by atoms with E-state index in [1.54, 1.807) is 6.07 Å². The maximum absolute atomic E-state index is 12.5. The second-order valence-corrected chi connectivity index (χ2v) is 6.06. The molecule has 0 saturated heterocycles. The number of para-hydroxylation sites is 1. The Kier molecular flexibility index (Phi) is 2.70. The molecule has 0 aliphatic heterocycles. The Morgan fingerprint density at radius 3 is 2.95 bits per heavy atom. The number of fused-ring (bicyclic) bond motifs is 4. The van der Waals surface area contributed by atoms with Crippen molar-refractivity contribution >= 4 is 49.7 Å². The molecule has 0 saturated carbocycles. The summed E-state index contributed by atoms with van der Waals surface area (Å²) in [6.45, 7) is 2.00.